The number of nitrogens with two attached hydrogens (primary N) is 1. The Morgan fingerprint density at radius 2 is 2.06 bits per heavy atom. The van der Waals surface area contributed by atoms with E-state index in [0.717, 1.165) is 25.4 Å². The average molecular weight is 253 g/mol. The van der Waals surface area contributed by atoms with E-state index in [1.54, 1.807) is 0 Å². The summed E-state index contributed by atoms with van der Waals surface area (Å²) in [6.45, 7) is 6.75. The first-order valence-electron chi connectivity index (χ1n) is 7.35. The van der Waals surface area contributed by atoms with Crippen molar-refractivity contribution in [1.82, 2.24) is 10.2 Å². The van der Waals surface area contributed by atoms with E-state index in [-0.39, 0.29) is 11.9 Å². The molecule has 104 valence electrons. The number of amides is 1. The van der Waals surface area contributed by atoms with E-state index in [2.05, 4.69) is 24.1 Å². The highest BCUT2D eigenvalue weighted by atomic mass is 16.1. The first-order chi connectivity index (χ1) is 8.56. The summed E-state index contributed by atoms with van der Waals surface area (Å²) in [5.41, 5.74) is 5.47. The molecule has 2 rings (SSSR count). The van der Waals surface area contributed by atoms with Gasteiger partial charge in [-0.1, -0.05) is 6.92 Å². The Morgan fingerprint density at radius 1 is 1.33 bits per heavy atom. The highest BCUT2D eigenvalue weighted by molar-refractivity contribution is 5.79. The van der Waals surface area contributed by atoms with Crippen LogP contribution in [0.2, 0.25) is 0 Å². The molecular formula is C14H27N3O. The summed E-state index contributed by atoms with van der Waals surface area (Å²) in [5, 5.41) is 3.35. The summed E-state index contributed by atoms with van der Waals surface area (Å²) in [5.74, 6) is 0.587. The van der Waals surface area contributed by atoms with Crippen molar-refractivity contribution >= 4 is 5.91 Å². The van der Waals surface area contributed by atoms with Crippen LogP contribution in [0.3, 0.4) is 0 Å². The summed E-state index contributed by atoms with van der Waals surface area (Å²) < 4.78 is 0. The molecule has 1 aliphatic heterocycles. The number of carbonyl (C=O) groups excluding carboxylic acids is 1. The Kier molecular flexibility index (Phi) is 4.62. The van der Waals surface area contributed by atoms with Crippen LogP contribution in [-0.4, -0.2) is 42.0 Å². The van der Waals surface area contributed by atoms with E-state index >= 15 is 0 Å². The zero-order valence-electron chi connectivity index (χ0n) is 11.7. The number of hydrogen-bond acceptors (Lipinski definition) is 3. The van der Waals surface area contributed by atoms with Gasteiger partial charge in [-0.2, -0.15) is 0 Å². The Bertz CT molecular complexity index is 291. The monoisotopic (exact) mass is 253 g/mol. The minimum Gasteiger partial charge on any atom is -0.368 e. The lowest BCUT2D eigenvalue weighted by Gasteiger charge is -2.37. The van der Waals surface area contributed by atoms with Gasteiger partial charge in [0.25, 0.3) is 0 Å². The van der Waals surface area contributed by atoms with Gasteiger partial charge in [-0.3, -0.25) is 4.79 Å². The van der Waals surface area contributed by atoms with Crippen LogP contribution < -0.4 is 11.1 Å². The second-order valence-corrected chi connectivity index (χ2v) is 6.21. The largest absolute Gasteiger partial charge is 0.368 e. The van der Waals surface area contributed by atoms with Gasteiger partial charge in [0.15, 0.2) is 0 Å². The van der Waals surface area contributed by atoms with Crippen LogP contribution in [0.1, 0.15) is 46.0 Å². The number of hydrogen-bond donors (Lipinski definition) is 2. The molecule has 18 heavy (non-hydrogen) atoms. The van der Waals surface area contributed by atoms with Gasteiger partial charge in [0.05, 0.1) is 6.04 Å². The lowest BCUT2D eigenvalue weighted by molar-refractivity contribution is -0.120. The molecule has 1 saturated heterocycles. The number of likely N-dealkylation sites (tertiary alicyclic amines) is 1. The van der Waals surface area contributed by atoms with Gasteiger partial charge >= 0.3 is 0 Å². The lowest BCUT2D eigenvalue weighted by Crippen LogP contribution is -2.47. The lowest BCUT2D eigenvalue weighted by atomic mass is 9.94. The first kappa shape index (κ1) is 13.8. The Labute approximate surface area is 110 Å². The first-order valence-corrected chi connectivity index (χ1v) is 7.35. The minimum atomic E-state index is -0.195. The van der Waals surface area contributed by atoms with E-state index in [4.69, 9.17) is 5.73 Å². The summed E-state index contributed by atoms with van der Waals surface area (Å²) >= 11 is 0. The standard InChI is InChI=1S/C14H27N3O/c1-10-3-4-11(2)17(9-10)8-7-13(14(15)18)16-12-5-6-12/h10-13,16H,3-9H2,1-2H3,(H2,15,18). The molecule has 1 aliphatic carbocycles. The quantitative estimate of drug-likeness (QED) is 0.745. The maximum atomic E-state index is 11.4. The molecule has 4 heteroatoms. The molecular weight excluding hydrogens is 226 g/mol. The molecule has 4 nitrogen and oxygen atoms in total. The zero-order chi connectivity index (χ0) is 13.1. The van der Waals surface area contributed by atoms with Crippen LogP contribution in [-0.2, 0) is 4.79 Å². The SMILES string of the molecule is CC1CCC(C)N(CCC(NC2CC2)C(N)=O)C1. The van der Waals surface area contributed by atoms with E-state index in [9.17, 15) is 4.79 Å². The maximum absolute atomic E-state index is 11.4. The summed E-state index contributed by atoms with van der Waals surface area (Å²) in [6, 6.07) is 1.05. The highest BCUT2D eigenvalue weighted by Gasteiger charge is 2.29. The maximum Gasteiger partial charge on any atom is 0.234 e. The number of nitrogens with zero attached hydrogens (tertiary/aromatic N) is 1. The van der Waals surface area contributed by atoms with Crippen molar-refractivity contribution in [2.75, 3.05) is 13.1 Å². The molecule has 1 heterocycles. The van der Waals surface area contributed by atoms with Crippen molar-refractivity contribution in [3.63, 3.8) is 0 Å². The van der Waals surface area contributed by atoms with Crippen LogP contribution in [0, 0.1) is 5.92 Å². The number of rotatable bonds is 6. The summed E-state index contributed by atoms with van der Waals surface area (Å²) in [7, 11) is 0. The van der Waals surface area contributed by atoms with Crippen molar-refractivity contribution in [2.45, 2.75) is 64.1 Å². The third-order valence-electron chi connectivity index (χ3n) is 4.31. The van der Waals surface area contributed by atoms with E-state index in [0.29, 0.717) is 12.1 Å². The second-order valence-electron chi connectivity index (χ2n) is 6.21. The fourth-order valence-electron chi connectivity index (χ4n) is 2.83. The molecule has 0 radical (unpaired) electrons. The van der Waals surface area contributed by atoms with Crippen molar-refractivity contribution in [3.05, 3.63) is 0 Å². The van der Waals surface area contributed by atoms with Crippen LogP contribution in [0.25, 0.3) is 0 Å². The molecule has 3 N–H and O–H groups in total. The van der Waals surface area contributed by atoms with Gasteiger partial charge < -0.3 is 16.0 Å². The Hall–Kier alpha value is -0.610. The van der Waals surface area contributed by atoms with Crippen LogP contribution in [0.4, 0.5) is 0 Å². The summed E-state index contributed by atoms with van der Waals surface area (Å²) in [4.78, 5) is 13.9. The molecule has 0 aromatic carbocycles. The van der Waals surface area contributed by atoms with Gasteiger partial charge in [0.2, 0.25) is 5.91 Å². The number of primary amides is 1. The third kappa shape index (κ3) is 3.95. The molecule has 2 aliphatic rings. The van der Waals surface area contributed by atoms with Gasteiger partial charge in [-0.15, -0.1) is 0 Å². The number of carbonyl (C=O) groups is 1. The highest BCUT2D eigenvalue weighted by Crippen LogP contribution is 2.23. The molecule has 0 spiro atoms. The third-order valence-corrected chi connectivity index (χ3v) is 4.31. The smallest absolute Gasteiger partial charge is 0.234 e. The normalized spacial score (nSPS) is 31.2. The van der Waals surface area contributed by atoms with Gasteiger partial charge in [0.1, 0.15) is 0 Å². The van der Waals surface area contributed by atoms with Crippen LogP contribution in [0.15, 0.2) is 0 Å². The number of piperidine rings is 1. The molecule has 0 aromatic heterocycles. The predicted molar refractivity (Wildman–Crippen MR) is 73.2 cm³/mol. The van der Waals surface area contributed by atoms with Gasteiger partial charge in [-0.25, -0.2) is 0 Å². The molecule has 3 atom stereocenters. The van der Waals surface area contributed by atoms with Crippen LogP contribution >= 0.6 is 0 Å². The van der Waals surface area contributed by atoms with Gasteiger partial charge in [0, 0.05) is 25.2 Å². The Balaban J connectivity index is 1.78. The van der Waals surface area contributed by atoms with Crippen molar-refractivity contribution in [2.24, 2.45) is 11.7 Å². The molecule has 3 unspecified atom stereocenters. The summed E-state index contributed by atoms with van der Waals surface area (Å²) in [6.07, 6.45) is 5.85. The van der Waals surface area contributed by atoms with Crippen molar-refractivity contribution in [3.8, 4) is 0 Å². The predicted octanol–water partition coefficient (Wildman–Crippen LogP) is 1.10. The molecule has 1 amide bonds. The van der Waals surface area contributed by atoms with Crippen molar-refractivity contribution < 1.29 is 4.79 Å². The molecule has 1 saturated carbocycles. The fourth-order valence-corrected chi connectivity index (χ4v) is 2.83. The van der Waals surface area contributed by atoms with E-state index in [1.807, 2.05) is 0 Å². The average Bonchev–Trinajstić information content (AvgIpc) is 3.12. The molecule has 0 aromatic rings. The fraction of sp³-hybridized carbons (Fsp3) is 0.929. The molecule has 2 fully saturated rings. The van der Waals surface area contributed by atoms with Gasteiger partial charge in [-0.05, 0) is 44.9 Å². The second kappa shape index (κ2) is 6.02. The van der Waals surface area contributed by atoms with Crippen molar-refractivity contribution in [1.29, 1.82) is 0 Å². The minimum absolute atomic E-state index is 0.137. The topological polar surface area (TPSA) is 58.4 Å². The van der Waals surface area contributed by atoms with E-state index in [1.165, 1.54) is 25.7 Å². The van der Waals surface area contributed by atoms with E-state index < -0.39 is 0 Å². The molecule has 0 bridgehead atoms. The zero-order valence-corrected chi connectivity index (χ0v) is 11.7. The van der Waals surface area contributed by atoms with Crippen LogP contribution in [0.5, 0.6) is 0 Å². The Morgan fingerprint density at radius 3 is 2.67 bits per heavy atom. The number of nitrogens with one attached hydrogen (secondary N) is 1.